The zero-order chi connectivity index (χ0) is 13.6. The van der Waals surface area contributed by atoms with E-state index >= 15 is 0 Å². The molecule has 3 rings (SSSR count). The van der Waals surface area contributed by atoms with Crippen LogP contribution in [0.25, 0.3) is 0 Å². The van der Waals surface area contributed by atoms with E-state index in [9.17, 15) is 9.90 Å². The third-order valence-electron chi connectivity index (χ3n) is 4.94. The molecular formula is C15H22O4. The van der Waals surface area contributed by atoms with Gasteiger partial charge in [-0.1, -0.05) is 11.6 Å². The fourth-order valence-corrected chi connectivity index (χ4v) is 3.55. The number of hydrogen-bond acceptors (Lipinski definition) is 4. The molecule has 0 spiro atoms. The number of aliphatic hydroxyl groups excluding tert-OH is 1. The van der Waals surface area contributed by atoms with Crippen molar-refractivity contribution >= 4 is 5.97 Å². The summed E-state index contributed by atoms with van der Waals surface area (Å²) in [5.41, 5.74) is 1.21. The average molecular weight is 266 g/mol. The van der Waals surface area contributed by atoms with E-state index < -0.39 is 0 Å². The molecule has 0 amide bonds. The standard InChI is InChI=1S/C15H22O4/c1-9-4-3-7-15(2)13(19-15)12-10(6-5-9)11(8-16)14(17)18-12/h4,10-13,16H,3,5-8H2,1-2H3/b9-4+/t10-,11-,12-,13-,15+/m0/s1. The van der Waals surface area contributed by atoms with E-state index in [2.05, 4.69) is 19.9 Å². The van der Waals surface area contributed by atoms with Gasteiger partial charge in [-0.3, -0.25) is 4.79 Å². The van der Waals surface area contributed by atoms with Gasteiger partial charge in [-0.25, -0.2) is 0 Å². The Morgan fingerprint density at radius 2 is 2.32 bits per heavy atom. The van der Waals surface area contributed by atoms with Crippen molar-refractivity contribution in [2.24, 2.45) is 11.8 Å². The van der Waals surface area contributed by atoms with Crippen molar-refractivity contribution < 1.29 is 19.4 Å². The number of fused-ring (bicyclic) bond motifs is 3. The summed E-state index contributed by atoms with van der Waals surface area (Å²) in [7, 11) is 0. The first-order valence-corrected chi connectivity index (χ1v) is 7.20. The number of esters is 1. The van der Waals surface area contributed by atoms with Crippen molar-refractivity contribution in [3.05, 3.63) is 11.6 Å². The lowest BCUT2D eigenvalue weighted by atomic mass is 9.81. The van der Waals surface area contributed by atoms with Crippen LogP contribution in [0, 0.1) is 11.8 Å². The van der Waals surface area contributed by atoms with Crippen LogP contribution in [0.15, 0.2) is 11.6 Å². The molecule has 0 aromatic heterocycles. The first-order chi connectivity index (χ1) is 9.05. The molecule has 0 unspecified atom stereocenters. The monoisotopic (exact) mass is 266 g/mol. The summed E-state index contributed by atoms with van der Waals surface area (Å²) in [6, 6.07) is 0. The Morgan fingerprint density at radius 3 is 3.05 bits per heavy atom. The third kappa shape index (κ3) is 2.21. The number of ether oxygens (including phenoxy) is 2. The zero-order valence-corrected chi connectivity index (χ0v) is 11.6. The molecule has 0 bridgehead atoms. The third-order valence-corrected chi connectivity index (χ3v) is 4.94. The Hall–Kier alpha value is -0.870. The second-order valence-electron chi connectivity index (χ2n) is 6.33. The van der Waals surface area contributed by atoms with Gasteiger partial charge in [-0.15, -0.1) is 0 Å². The highest BCUT2D eigenvalue weighted by molar-refractivity contribution is 5.75. The van der Waals surface area contributed by atoms with Gasteiger partial charge in [0, 0.05) is 5.92 Å². The van der Waals surface area contributed by atoms with Gasteiger partial charge in [0.15, 0.2) is 0 Å². The van der Waals surface area contributed by atoms with Crippen LogP contribution < -0.4 is 0 Å². The zero-order valence-electron chi connectivity index (χ0n) is 11.6. The molecular weight excluding hydrogens is 244 g/mol. The van der Waals surface area contributed by atoms with Crippen LogP contribution in [0.1, 0.15) is 39.5 Å². The van der Waals surface area contributed by atoms with E-state index in [1.807, 2.05) is 0 Å². The van der Waals surface area contributed by atoms with Crippen LogP contribution in [-0.4, -0.2) is 35.5 Å². The van der Waals surface area contributed by atoms with Crippen LogP contribution in [0.4, 0.5) is 0 Å². The lowest BCUT2D eigenvalue weighted by Gasteiger charge is -2.21. The molecule has 106 valence electrons. The van der Waals surface area contributed by atoms with E-state index in [0.29, 0.717) is 0 Å². The minimum absolute atomic E-state index is 0.0183. The average Bonchev–Trinajstić information content (AvgIpc) is 2.92. The van der Waals surface area contributed by atoms with E-state index in [1.54, 1.807) is 0 Å². The molecule has 2 aliphatic heterocycles. The Kier molecular flexibility index (Phi) is 3.18. The molecule has 3 aliphatic rings. The minimum atomic E-state index is -0.370. The van der Waals surface area contributed by atoms with E-state index in [-0.39, 0.29) is 42.2 Å². The molecule has 0 aromatic rings. The SMILES string of the molecule is C/C1=C\CC[C@@]2(C)O[C@H]2[C@H]2OC(=O)[C@@H](CO)[C@@H]2CC1. The summed E-state index contributed by atoms with van der Waals surface area (Å²) in [6.45, 7) is 4.11. The molecule has 2 heterocycles. The van der Waals surface area contributed by atoms with Crippen molar-refractivity contribution in [1.82, 2.24) is 0 Å². The first-order valence-electron chi connectivity index (χ1n) is 7.20. The molecule has 1 aliphatic carbocycles. The number of rotatable bonds is 1. The highest BCUT2D eigenvalue weighted by atomic mass is 16.6. The summed E-state index contributed by atoms with van der Waals surface area (Å²) in [4.78, 5) is 11.9. The number of epoxide rings is 1. The number of hydrogen-bond donors (Lipinski definition) is 1. The highest BCUT2D eigenvalue weighted by Gasteiger charge is 2.62. The largest absolute Gasteiger partial charge is 0.459 e. The van der Waals surface area contributed by atoms with Crippen LogP contribution in [-0.2, 0) is 14.3 Å². The van der Waals surface area contributed by atoms with E-state index in [0.717, 1.165) is 25.7 Å². The van der Waals surface area contributed by atoms with Gasteiger partial charge in [0.1, 0.15) is 12.2 Å². The lowest BCUT2D eigenvalue weighted by molar-refractivity contribution is -0.145. The van der Waals surface area contributed by atoms with Gasteiger partial charge in [-0.2, -0.15) is 0 Å². The maximum atomic E-state index is 11.9. The highest BCUT2D eigenvalue weighted by Crippen LogP contribution is 2.50. The normalized spacial score (nSPS) is 48.6. The predicted molar refractivity (Wildman–Crippen MR) is 69.4 cm³/mol. The minimum Gasteiger partial charge on any atom is -0.459 e. The van der Waals surface area contributed by atoms with Gasteiger partial charge in [0.25, 0.3) is 0 Å². The maximum absolute atomic E-state index is 11.9. The van der Waals surface area contributed by atoms with Crippen molar-refractivity contribution in [2.45, 2.75) is 57.3 Å². The molecule has 0 saturated carbocycles. The van der Waals surface area contributed by atoms with Gasteiger partial charge < -0.3 is 14.6 Å². The molecule has 0 aromatic carbocycles. The smallest absolute Gasteiger partial charge is 0.312 e. The molecule has 2 fully saturated rings. The summed E-state index contributed by atoms with van der Waals surface area (Å²) >= 11 is 0. The Bertz CT molecular complexity index is 416. The summed E-state index contributed by atoms with van der Waals surface area (Å²) in [5.74, 6) is -0.535. The van der Waals surface area contributed by atoms with Crippen molar-refractivity contribution in [1.29, 1.82) is 0 Å². The van der Waals surface area contributed by atoms with Gasteiger partial charge in [0.05, 0.1) is 18.1 Å². The Labute approximate surface area is 113 Å². The summed E-state index contributed by atoms with van der Waals surface area (Å²) < 4.78 is 11.4. The van der Waals surface area contributed by atoms with Crippen LogP contribution in [0.3, 0.4) is 0 Å². The van der Waals surface area contributed by atoms with Crippen molar-refractivity contribution in [3.8, 4) is 0 Å². The van der Waals surface area contributed by atoms with Crippen molar-refractivity contribution in [3.63, 3.8) is 0 Å². The Morgan fingerprint density at radius 1 is 1.53 bits per heavy atom. The van der Waals surface area contributed by atoms with Gasteiger partial charge in [-0.05, 0) is 39.5 Å². The fourth-order valence-electron chi connectivity index (χ4n) is 3.55. The number of aliphatic hydroxyl groups is 1. The van der Waals surface area contributed by atoms with Gasteiger partial charge in [0.2, 0.25) is 0 Å². The van der Waals surface area contributed by atoms with E-state index in [4.69, 9.17) is 9.47 Å². The molecule has 4 nitrogen and oxygen atoms in total. The van der Waals surface area contributed by atoms with Crippen LogP contribution in [0.5, 0.6) is 0 Å². The van der Waals surface area contributed by atoms with E-state index in [1.165, 1.54) is 5.57 Å². The molecule has 4 heteroatoms. The fraction of sp³-hybridized carbons (Fsp3) is 0.800. The maximum Gasteiger partial charge on any atom is 0.312 e. The second-order valence-corrected chi connectivity index (χ2v) is 6.33. The predicted octanol–water partition coefficient (Wildman–Crippen LogP) is 1.81. The summed E-state index contributed by atoms with van der Waals surface area (Å²) in [6.07, 6.45) is 5.98. The van der Waals surface area contributed by atoms with Crippen LogP contribution in [0.2, 0.25) is 0 Å². The lowest BCUT2D eigenvalue weighted by Crippen LogP contribution is -2.31. The van der Waals surface area contributed by atoms with Crippen LogP contribution >= 0.6 is 0 Å². The number of carbonyl (C=O) groups excluding carboxylic acids is 1. The molecule has 0 radical (unpaired) electrons. The molecule has 5 atom stereocenters. The quantitative estimate of drug-likeness (QED) is 0.447. The summed E-state index contributed by atoms with van der Waals surface area (Å²) in [5, 5.41) is 9.44. The topological polar surface area (TPSA) is 59.1 Å². The van der Waals surface area contributed by atoms with Gasteiger partial charge >= 0.3 is 5.97 Å². The molecule has 19 heavy (non-hydrogen) atoms. The number of allylic oxidation sites excluding steroid dienone is 2. The number of carbonyl (C=O) groups is 1. The first kappa shape index (κ1) is 13.1. The second kappa shape index (κ2) is 4.60. The Balaban J connectivity index is 1.85. The molecule has 2 saturated heterocycles. The molecule has 1 N–H and O–H groups in total. The van der Waals surface area contributed by atoms with Crippen molar-refractivity contribution in [2.75, 3.05) is 6.61 Å².